The minimum atomic E-state index is -3.72. The molecular weight excluding hydrogens is 304 g/mol. The zero-order valence-corrected chi connectivity index (χ0v) is 12.5. The normalized spacial score (nSPS) is 23.6. The fourth-order valence-electron chi connectivity index (χ4n) is 2.38. The van der Waals surface area contributed by atoms with Crippen molar-refractivity contribution in [3.63, 3.8) is 0 Å². The van der Waals surface area contributed by atoms with E-state index in [1.165, 1.54) is 6.92 Å². The van der Waals surface area contributed by atoms with E-state index in [9.17, 15) is 18.0 Å². The SMILES string of the molecule is Cc1[nH]c(=O)sc1S(=O)(=O)NC1CCC(C(=O)O)CC1. The summed E-state index contributed by atoms with van der Waals surface area (Å²) in [6.07, 6.45) is 1.92. The maximum Gasteiger partial charge on any atom is 0.306 e. The molecule has 7 nitrogen and oxygen atoms in total. The molecule has 1 heterocycles. The molecule has 112 valence electrons. The Morgan fingerprint density at radius 3 is 2.40 bits per heavy atom. The minimum absolute atomic E-state index is 0.00265. The fraction of sp³-hybridized carbons (Fsp3) is 0.636. The first-order chi connectivity index (χ1) is 9.29. The van der Waals surface area contributed by atoms with Gasteiger partial charge in [0.15, 0.2) is 4.21 Å². The summed E-state index contributed by atoms with van der Waals surface area (Å²) in [5.41, 5.74) is 0.326. The first-order valence-electron chi connectivity index (χ1n) is 6.24. The quantitative estimate of drug-likeness (QED) is 0.754. The number of hydrogen-bond acceptors (Lipinski definition) is 5. The van der Waals surface area contributed by atoms with E-state index in [0.717, 1.165) is 0 Å². The van der Waals surface area contributed by atoms with E-state index in [1.54, 1.807) is 0 Å². The highest BCUT2D eigenvalue weighted by molar-refractivity contribution is 7.91. The van der Waals surface area contributed by atoms with Gasteiger partial charge in [0.05, 0.1) is 5.92 Å². The number of rotatable bonds is 4. The average Bonchev–Trinajstić information content (AvgIpc) is 2.69. The molecule has 0 saturated heterocycles. The molecule has 1 aliphatic rings. The van der Waals surface area contributed by atoms with Crippen LogP contribution in [0.3, 0.4) is 0 Å². The van der Waals surface area contributed by atoms with Gasteiger partial charge in [-0.05, 0) is 32.6 Å². The van der Waals surface area contributed by atoms with Gasteiger partial charge in [0.25, 0.3) is 10.0 Å². The van der Waals surface area contributed by atoms with Crippen LogP contribution in [0.4, 0.5) is 0 Å². The van der Waals surface area contributed by atoms with Gasteiger partial charge >= 0.3 is 10.8 Å². The van der Waals surface area contributed by atoms with Crippen molar-refractivity contribution in [1.82, 2.24) is 9.71 Å². The van der Waals surface area contributed by atoms with Gasteiger partial charge in [-0.15, -0.1) is 0 Å². The Bertz CT molecular complexity index is 653. The molecule has 2 rings (SSSR count). The molecule has 1 fully saturated rings. The Morgan fingerprint density at radius 1 is 1.35 bits per heavy atom. The second-order valence-electron chi connectivity index (χ2n) is 4.94. The fourth-order valence-corrected chi connectivity index (χ4v) is 5.00. The number of nitrogens with one attached hydrogen (secondary N) is 2. The second-order valence-corrected chi connectivity index (χ2v) is 7.83. The predicted octanol–water partition coefficient (Wildman–Crippen LogP) is 0.667. The number of thiazole rings is 1. The Hall–Kier alpha value is -1.19. The Morgan fingerprint density at radius 2 is 1.95 bits per heavy atom. The highest BCUT2D eigenvalue weighted by atomic mass is 32.2. The second kappa shape index (κ2) is 5.66. The van der Waals surface area contributed by atoms with E-state index in [4.69, 9.17) is 5.11 Å². The van der Waals surface area contributed by atoms with Crippen LogP contribution in [0, 0.1) is 12.8 Å². The van der Waals surface area contributed by atoms with Gasteiger partial charge in [-0.3, -0.25) is 9.59 Å². The Labute approximate surface area is 120 Å². The van der Waals surface area contributed by atoms with Gasteiger partial charge in [-0.2, -0.15) is 0 Å². The topological polar surface area (TPSA) is 116 Å². The van der Waals surface area contributed by atoms with E-state index in [1.807, 2.05) is 0 Å². The molecule has 1 aliphatic carbocycles. The van der Waals surface area contributed by atoms with Crippen molar-refractivity contribution in [3.8, 4) is 0 Å². The van der Waals surface area contributed by atoms with E-state index in [-0.39, 0.29) is 16.2 Å². The number of aromatic nitrogens is 1. The maximum absolute atomic E-state index is 12.2. The lowest BCUT2D eigenvalue weighted by Crippen LogP contribution is -2.38. The number of H-pyrrole nitrogens is 1. The van der Waals surface area contributed by atoms with Crippen LogP contribution in [0.2, 0.25) is 0 Å². The van der Waals surface area contributed by atoms with Gasteiger partial charge in [-0.1, -0.05) is 11.3 Å². The zero-order valence-electron chi connectivity index (χ0n) is 10.9. The standard InChI is InChI=1S/C11H16N2O5S2/c1-6-10(19-11(16)12-6)20(17,18)13-8-4-2-7(3-5-8)9(14)15/h7-8,13H,2-5H2,1H3,(H,12,16)(H,14,15). The summed E-state index contributed by atoms with van der Waals surface area (Å²) >= 11 is 0.660. The molecule has 0 unspecified atom stereocenters. The van der Waals surface area contributed by atoms with Crippen molar-refractivity contribution in [2.45, 2.75) is 42.9 Å². The third kappa shape index (κ3) is 3.28. The van der Waals surface area contributed by atoms with Crippen LogP contribution in [0.1, 0.15) is 31.4 Å². The zero-order chi connectivity index (χ0) is 14.9. The smallest absolute Gasteiger partial charge is 0.306 e. The number of sulfonamides is 1. The van der Waals surface area contributed by atoms with Crippen LogP contribution in [0.25, 0.3) is 0 Å². The maximum atomic E-state index is 12.2. The van der Waals surface area contributed by atoms with Crippen LogP contribution in [0.15, 0.2) is 9.00 Å². The van der Waals surface area contributed by atoms with Crippen LogP contribution in [-0.4, -0.2) is 30.5 Å². The molecule has 0 spiro atoms. The van der Waals surface area contributed by atoms with Gasteiger partial charge in [0.1, 0.15) is 0 Å². The lowest BCUT2D eigenvalue weighted by Gasteiger charge is -2.26. The molecular formula is C11H16N2O5S2. The van der Waals surface area contributed by atoms with Crippen LogP contribution < -0.4 is 9.60 Å². The highest BCUT2D eigenvalue weighted by Gasteiger charge is 2.30. The van der Waals surface area contributed by atoms with Crippen molar-refractivity contribution < 1.29 is 18.3 Å². The molecule has 1 aromatic heterocycles. The first-order valence-corrected chi connectivity index (χ1v) is 8.54. The van der Waals surface area contributed by atoms with Gasteiger partial charge in [0.2, 0.25) is 0 Å². The van der Waals surface area contributed by atoms with E-state index >= 15 is 0 Å². The number of carboxylic acids is 1. The molecule has 0 aromatic carbocycles. The largest absolute Gasteiger partial charge is 0.481 e. The van der Waals surface area contributed by atoms with Crippen LogP contribution >= 0.6 is 11.3 Å². The summed E-state index contributed by atoms with van der Waals surface area (Å²) in [5.74, 6) is -1.22. The lowest BCUT2D eigenvalue weighted by molar-refractivity contribution is -0.142. The average molecular weight is 320 g/mol. The van der Waals surface area contributed by atoms with Crippen molar-refractivity contribution in [2.75, 3.05) is 0 Å². The summed E-state index contributed by atoms with van der Waals surface area (Å²) in [5, 5.41) is 8.90. The van der Waals surface area contributed by atoms with Crippen LogP contribution in [-0.2, 0) is 14.8 Å². The van der Waals surface area contributed by atoms with Crippen molar-refractivity contribution >= 4 is 27.3 Å². The van der Waals surface area contributed by atoms with E-state index in [2.05, 4.69) is 9.71 Å². The number of aryl methyl sites for hydroxylation is 1. The molecule has 20 heavy (non-hydrogen) atoms. The molecule has 0 atom stereocenters. The molecule has 0 aliphatic heterocycles. The molecule has 1 aromatic rings. The number of hydrogen-bond donors (Lipinski definition) is 3. The molecule has 0 amide bonds. The van der Waals surface area contributed by atoms with Crippen molar-refractivity contribution in [1.29, 1.82) is 0 Å². The van der Waals surface area contributed by atoms with Crippen LogP contribution in [0.5, 0.6) is 0 Å². The van der Waals surface area contributed by atoms with E-state index in [0.29, 0.717) is 42.7 Å². The number of aliphatic carboxylic acids is 1. The van der Waals surface area contributed by atoms with E-state index < -0.39 is 20.9 Å². The predicted molar refractivity (Wildman–Crippen MR) is 73.4 cm³/mol. The first kappa shape index (κ1) is 15.2. The molecule has 9 heteroatoms. The Kier molecular flexibility index (Phi) is 4.31. The third-order valence-electron chi connectivity index (χ3n) is 3.42. The molecule has 0 bridgehead atoms. The van der Waals surface area contributed by atoms with Crippen molar-refractivity contribution in [3.05, 3.63) is 15.4 Å². The summed E-state index contributed by atoms with van der Waals surface area (Å²) in [6.45, 7) is 1.54. The Balaban J connectivity index is 2.05. The number of carboxylic acid groups (broad SMARTS) is 1. The number of aromatic amines is 1. The van der Waals surface area contributed by atoms with Crippen molar-refractivity contribution in [2.24, 2.45) is 5.92 Å². The monoisotopic (exact) mass is 320 g/mol. The summed E-state index contributed by atoms with van der Waals surface area (Å²) in [6, 6.07) is -0.271. The van der Waals surface area contributed by atoms with Gasteiger partial charge in [0, 0.05) is 11.7 Å². The lowest BCUT2D eigenvalue weighted by atomic mass is 9.87. The summed E-state index contributed by atoms with van der Waals surface area (Å²) in [7, 11) is -3.72. The minimum Gasteiger partial charge on any atom is -0.481 e. The van der Waals surface area contributed by atoms with Gasteiger partial charge in [-0.25, -0.2) is 13.1 Å². The summed E-state index contributed by atoms with van der Waals surface area (Å²) < 4.78 is 26.9. The van der Waals surface area contributed by atoms with Gasteiger partial charge < -0.3 is 10.1 Å². The highest BCUT2D eigenvalue weighted by Crippen LogP contribution is 2.26. The number of carbonyl (C=O) groups is 1. The summed E-state index contributed by atoms with van der Waals surface area (Å²) in [4.78, 5) is 24.0. The third-order valence-corrected chi connectivity index (χ3v) is 6.55. The molecule has 1 saturated carbocycles. The molecule has 0 radical (unpaired) electrons. The molecule has 3 N–H and O–H groups in total.